The summed E-state index contributed by atoms with van der Waals surface area (Å²) in [4.78, 5) is 11.3. The lowest BCUT2D eigenvalue weighted by Gasteiger charge is -2.04. The summed E-state index contributed by atoms with van der Waals surface area (Å²) in [6.07, 6.45) is 2.41. The van der Waals surface area contributed by atoms with Crippen LogP contribution in [0.15, 0.2) is 30.3 Å². The number of esters is 1. The Kier molecular flexibility index (Phi) is 6.09. The minimum absolute atomic E-state index is 0.111. The predicted molar refractivity (Wildman–Crippen MR) is 63.9 cm³/mol. The highest BCUT2D eigenvalue weighted by Crippen LogP contribution is 2.04. The maximum Gasteiger partial charge on any atom is 0.306 e. The zero-order chi connectivity index (χ0) is 10.9. The summed E-state index contributed by atoms with van der Waals surface area (Å²) >= 11 is 3.32. The van der Waals surface area contributed by atoms with Crippen LogP contribution in [0.5, 0.6) is 0 Å². The Labute approximate surface area is 98.8 Å². The molecule has 0 radical (unpaired) electrons. The normalized spacial score (nSPS) is 9.93. The average Bonchev–Trinajstić information content (AvgIpc) is 2.28. The first-order valence-corrected chi connectivity index (χ1v) is 6.20. The van der Waals surface area contributed by atoms with Crippen LogP contribution < -0.4 is 0 Å². The van der Waals surface area contributed by atoms with E-state index in [1.807, 2.05) is 30.3 Å². The summed E-state index contributed by atoms with van der Waals surface area (Å²) < 4.78 is 5.12. The van der Waals surface area contributed by atoms with Gasteiger partial charge < -0.3 is 4.74 Å². The van der Waals surface area contributed by atoms with Crippen molar-refractivity contribution in [2.45, 2.75) is 25.9 Å². The summed E-state index contributed by atoms with van der Waals surface area (Å²) in [5, 5.41) is 0.943. The SMILES string of the molecule is O=C(CCCCBr)OCc1ccccc1. The Balaban J connectivity index is 2.17. The minimum atomic E-state index is -0.111. The first-order chi connectivity index (χ1) is 7.33. The van der Waals surface area contributed by atoms with Crippen molar-refractivity contribution in [1.29, 1.82) is 0 Å². The van der Waals surface area contributed by atoms with Crippen molar-refractivity contribution >= 4 is 21.9 Å². The number of unbranched alkanes of at least 4 members (excludes halogenated alkanes) is 1. The van der Waals surface area contributed by atoms with E-state index in [1.165, 1.54) is 0 Å². The maximum atomic E-state index is 11.3. The Hall–Kier alpha value is -0.830. The molecule has 0 fully saturated rings. The lowest BCUT2D eigenvalue weighted by Crippen LogP contribution is -2.04. The minimum Gasteiger partial charge on any atom is -0.461 e. The van der Waals surface area contributed by atoms with Crippen LogP contribution in [0.4, 0.5) is 0 Å². The first-order valence-electron chi connectivity index (χ1n) is 5.08. The summed E-state index contributed by atoms with van der Waals surface area (Å²) in [5.74, 6) is -0.111. The molecule has 82 valence electrons. The van der Waals surface area contributed by atoms with E-state index >= 15 is 0 Å². The maximum absolute atomic E-state index is 11.3. The standard InChI is InChI=1S/C12H15BrO2/c13-9-5-4-8-12(14)15-10-11-6-2-1-3-7-11/h1-3,6-7H,4-5,8-10H2. The van der Waals surface area contributed by atoms with E-state index in [0.29, 0.717) is 13.0 Å². The third kappa shape index (κ3) is 5.57. The van der Waals surface area contributed by atoms with Crippen molar-refractivity contribution in [3.05, 3.63) is 35.9 Å². The second-order valence-electron chi connectivity index (χ2n) is 3.29. The average molecular weight is 271 g/mol. The first kappa shape index (κ1) is 12.2. The smallest absolute Gasteiger partial charge is 0.306 e. The number of rotatable bonds is 6. The topological polar surface area (TPSA) is 26.3 Å². The Morgan fingerprint density at radius 3 is 2.60 bits per heavy atom. The molecule has 0 aliphatic heterocycles. The fourth-order valence-electron chi connectivity index (χ4n) is 1.17. The van der Waals surface area contributed by atoms with Gasteiger partial charge in [-0.1, -0.05) is 46.3 Å². The van der Waals surface area contributed by atoms with Gasteiger partial charge in [-0.15, -0.1) is 0 Å². The quantitative estimate of drug-likeness (QED) is 0.451. The number of carbonyl (C=O) groups excluding carboxylic acids is 1. The van der Waals surface area contributed by atoms with Crippen LogP contribution in [0.1, 0.15) is 24.8 Å². The van der Waals surface area contributed by atoms with Crippen LogP contribution in [0, 0.1) is 0 Å². The van der Waals surface area contributed by atoms with Crippen LogP contribution >= 0.6 is 15.9 Å². The highest BCUT2D eigenvalue weighted by molar-refractivity contribution is 9.09. The predicted octanol–water partition coefficient (Wildman–Crippen LogP) is 3.30. The fourth-order valence-corrected chi connectivity index (χ4v) is 1.57. The molecule has 0 atom stereocenters. The Morgan fingerprint density at radius 2 is 1.93 bits per heavy atom. The van der Waals surface area contributed by atoms with Gasteiger partial charge in [-0.25, -0.2) is 0 Å². The van der Waals surface area contributed by atoms with Gasteiger partial charge in [0.15, 0.2) is 0 Å². The van der Waals surface area contributed by atoms with Crippen molar-refractivity contribution in [3.8, 4) is 0 Å². The van der Waals surface area contributed by atoms with Gasteiger partial charge in [-0.2, -0.15) is 0 Å². The van der Waals surface area contributed by atoms with E-state index in [1.54, 1.807) is 0 Å². The summed E-state index contributed by atoms with van der Waals surface area (Å²) in [6.45, 7) is 0.383. The van der Waals surface area contributed by atoms with E-state index < -0.39 is 0 Å². The molecule has 0 saturated carbocycles. The third-order valence-electron chi connectivity index (χ3n) is 2.01. The molecule has 1 rings (SSSR count). The number of halogens is 1. The molecule has 0 unspecified atom stereocenters. The molecule has 3 heteroatoms. The van der Waals surface area contributed by atoms with E-state index in [-0.39, 0.29) is 5.97 Å². The van der Waals surface area contributed by atoms with E-state index in [2.05, 4.69) is 15.9 Å². The third-order valence-corrected chi connectivity index (χ3v) is 2.57. The number of hydrogen-bond donors (Lipinski definition) is 0. The largest absolute Gasteiger partial charge is 0.461 e. The summed E-state index contributed by atoms with van der Waals surface area (Å²) in [6, 6.07) is 9.72. The van der Waals surface area contributed by atoms with Gasteiger partial charge in [0.2, 0.25) is 0 Å². The highest BCUT2D eigenvalue weighted by Gasteiger charge is 2.02. The van der Waals surface area contributed by atoms with E-state index in [4.69, 9.17) is 4.74 Å². The van der Waals surface area contributed by atoms with Crippen molar-refractivity contribution in [3.63, 3.8) is 0 Å². The van der Waals surface area contributed by atoms with E-state index in [0.717, 1.165) is 23.7 Å². The summed E-state index contributed by atoms with van der Waals surface area (Å²) in [5.41, 5.74) is 1.03. The van der Waals surface area contributed by atoms with Gasteiger partial charge in [0.05, 0.1) is 0 Å². The number of carbonyl (C=O) groups is 1. The molecule has 0 aliphatic carbocycles. The lowest BCUT2D eigenvalue weighted by molar-refractivity contribution is -0.145. The molecule has 0 amide bonds. The molecule has 0 heterocycles. The molecule has 0 bridgehead atoms. The van der Waals surface area contributed by atoms with Crippen LogP contribution in [0.3, 0.4) is 0 Å². The molecular formula is C12H15BrO2. The molecule has 0 spiro atoms. The second-order valence-corrected chi connectivity index (χ2v) is 4.09. The molecule has 1 aromatic rings. The zero-order valence-corrected chi connectivity index (χ0v) is 10.2. The van der Waals surface area contributed by atoms with Gasteiger partial charge in [-0.3, -0.25) is 4.79 Å². The number of ether oxygens (including phenoxy) is 1. The second kappa shape index (κ2) is 7.46. The monoisotopic (exact) mass is 270 g/mol. The van der Waals surface area contributed by atoms with Gasteiger partial charge in [0.1, 0.15) is 6.61 Å². The molecular weight excluding hydrogens is 256 g/mol. The molecule has 0 aromatic heterocycles. The number of alkyl halides is 1. The van der Waals surface area contributed by atoms with Crippen molar-refractivity contribution in [2.75, 3.05) is 5.33 Å². The molecule has 0 N–H and O–H groups in total. The zero-order valence-electron chi connectivity index (χ0n) is 8.62. The van der Waals surface area contributed by atoms with E-state index in [9.17, 15) is 4.79 Å². The molecule has 0 aliphatic rings. The van der Waals surface area contributed by atoms with Crippen molar-refractivity contribution in [1.82, 2.24) is 0 Å². The number of hydrogen-bond acceptors (Lipinski definition) is 2. The molecule has 1 aromatic carbocycles. The lowest BCUT2D eigenvalue weighted by atomic mass is 10.2. The van der Waals surface area contributed by atoms with Crippen molar-refractivity contribution < 1.29 is 9.53 Å². The molecule has 15 heavy (non-hydrogen) atoms. The van der Waals surface area contributed by atoms with Crippen LogP contribution in [0.2, 0.25) is 0 Å². The summed E-state index contributed by atoms with van der Waals surface area (Å²) in [7, 11) is 0. The fraction of sp³-hybridized carbons (Fsp3) is 0.417. The Bertz CT molecular complexity index is 285. The van der Waals surface area contributed by atoms with Gasteiger partial charge >= 0.3 is 5.97 Å². The van der Waals surface area contributed by atoms with Crippen molar-refractivity contribution in [2.24, 2.45) is 0 Å². The van der Waals surface area contributed by atoms with Crippen LogP contribution in [-0.4, -0.2) is 11.3 Å². The Morgan fingerprint density at radius 1 is 1.20 bits per heavy atom. The van der Waals surface area contributed by atoms with Gasteiger partial charge in [-0.05, 0) is 18.4 Å². The van der Waals surface area contributed by atoms with Crippen LogP contribution in [-0.2, 0) is 16.1 Å². The van der Waals surface area contributed by atoms with Gasteiger partial charge in [0.25, 0.3) is 0 Å². The number of benzene rings is 1. The molecule has 2 nitrogen and oxygen atoms in total. The van der Waals surface area contributed by atoms with Crippen LogP contribution in [0.25, 0.3) is 0 Å². The molecule has 0 saturated heterocycles. The highest BCUT2D eigenvalue weighted by atomic mass is 79.9. The van der Waals surface area contributed by atoms with Gasteiger partial charge in [0, 0.05) is 11.8 Å².